The van der Waals surface area contributed by atoms with Gasteiger partial charge in [-0.05, 0) is 25.0 Å². The Hall–Kier alpha value is -2.43. The fourth-order valence-electron chi connectivity index (χ4n) is 3.70. The topological polar surface area (TPSA) is 54.4 Å². The van der Waals surface area contributed by atoms with Crippen LogP contribution in [-0.4, -0.2) is 35.4 Å². The maximum atomic E-state index is 10.3. The van der Waals surface area contributed by atoms with Gasteiger partial charge in [-0.15, -0.1) is 0 Å². The third-order valence-electron chi connectivity index (χ3n) is 5.18. The Labute approximate surface area is 160 Å². The molecular weight excluding hydrogens is 336 g/mol. The second-order valence-electron chi connectivity index (χ2n) is 7.24. The molecule has 0 spiro atoms. The highest BCUT2D eigenvalue weighted by molar-refractivity contribution is 5.87. The maximum absolute atomic E-state index is 10.3. The molecule has 2 N–H and O–H groups in total. The molecule has 4 nitrogen and oxygen atoms in total. The molecule has 27 heavy (non-hydrogen) atoms. The highest BCUT2D eigenvalue weighted by Crippen LogP contribution is 2.30. The van der Waals surface area contributed by atoms with Crippen LogP contribution in [0.25, 0.3) is 22.2 Å². The zero-order valence-corrected chi connectivity index (χ0v) is 15.5. The molecule has 4 heteroatoms. The van der Waals surface area contributed by atoms with Gasteiger partial charge in [0.2, 0.25) is 0 Å². The van der Waals surface area contributed by atoms with Crippen LogP contribution in [0.3, 0.4) is 0 Å². The fourth-order valence-corrected chi connectivity index (χ4v) is 3.70. The Morgan fingerprint density at radius 3 is 2.59 bits per heavy atom. The van der Waals surface area contributed by atoms with E-state index >= 15 is 0 Å². The van der Waals surface area contributed by atoms with E-state index in [9.17, 15) is 5.11 Å². The lowest BCUT2D eigenvalue weighted by molar-refractivity contribution is 0.104. The summed E-state index contributed by atoms with van der Waals surface area (Å²) in [5, 5.41) is 14.7. The van der Waals surface area contributed by atoms with Crippen molar-refractivity contribution in [3.8, 4) is 17.0 Å². The second-order valence-corrected chi connectivity index (χ2v) is 7.24. The van der Waals surface area contributed by atoms with Crippen molar-refractivity contribution in [3.63, 3.8) is 0 Å². The molecule has 1 aliphatic rings. The highest BCUT2D eigenvalue weighted by atomic mass is 16.5. The number of nitrogens with zero attached hydrogens (tertiary/aromatic N) is 1. The molecule has 0 bridgehead atoms. The molecule has 0 saturated heterocycles. The van der Waals surface area contributed by atoms with Crippen molar-refractivity contribution in [1.29, 1.82) is 0 Å². The number of benzene rings is 2. The van der Waals surface area contributed by atoms with E-state index in [1.165, 1.54) is 25.7 Å². The van der Waals surface area contributed by atoms with E-state index < -0.39 is 6.10 Å². The predicted octanol–water partition coefficient (Wildman–Crippen LogP) is 4.17. The van der Waals surface area contributed by atoms with Crippen molar-refractivity contribution in [2.24, 2.45) is 0 Å². The molecule has 1 aromatic heterocycles. The van der Waals surface area contributed by atoms with Gasteiger partial charge in [-0.1, -0.05) is 55.3 Å². The molecule has 1 aliphatic carbocycles. The Morgan fingerprint density at radius 2 is 1.78 bits per heavy atom. The van der Waals surface area contributed by atoms with Crippen molar-refractivity contribution in [2.75, 3.05) is 13.2 Å². The third kappa shape index (κ3) is 4.46. The minimum absolute atomic E-state index is 0.266. The van der Waals surface area contributed by atoms with E-state index in [0.717, 1.165) is 27.9 Å². The normalized spacial score (nSPS) is 15.9. The van der Waals surface area contributed by atoms with Gasteiger partial charge in [-0.2, -0.15) is 0 Å². The first-order valence-corrected chi connectivity index (χ1v) is 9.79. The van der Waals surface area contributed by atoms with Crippen LogP contribution in [0.2, 0.25) is 0 Å². The Bertz CT molecular complexity index is 876. The molecule has 1 heterocycles. The molecule has 2 aromatic carbocycles. The number of para-hydroxylation sites is 1. The van der Waals surface area contributed by atoms with Gasteiger partial charge in [0.25, 0.3) is 0 Å². The monoisotopic (exact) mass is 362 g/mol. The molecule has 0 radical (unpaired) electrons. The molecule has 4 rings (SSSR count). The van der Waals surface area contributed by atoms with Gasteiger partial charge in [0.05, 0.1) is 11.2 Å². The first-order chi connectivity index (χ1) is 13.3. The number of nitrogens with one attached hydrogen (secondary N) is 1. The van der Waals surface area contributed by atoms with Crippen LogP contribution in [0.4, 0.5) is 0 Å². The number of ether oxygens (including phenoxy) is 1. The first-order valence-electron chi connectivity index (χ1n) is 9.79. The number of aliphatic hydroxyl groups excluding tert-OH is 1. The molecule has 1 saturated carbocycles. The molecule has 0 unspecified atom stereocenters. The van der Waals surface area contributed by atoms with Gasteiger partial charge in [0.1, 0.15) is 18.5 Å². The van der Waals surface area contributed by atoms with Crippen LogP contribution < -0.4 is 10.1 Å². The summed E-state index contributed by atoms with van der Waals surface area (Å²) < 4.78 is 6.03. The third-order valence-corrected chi connectivity index (χ3v) is 5.18. The number of hydrogen-bond acceptors (Lipinski definition) is 4. The van der Waals surface area contributed by atoms with E-state index in [4.69, 9.17) is 9.72 Å². The largest absolute Gasteiger partial charge is 0.490 e. The second kappa shape index (κ2) is 8.51. The quantitative estimate of drug-likeness (QED) is 0.662. The molecular formula is C23H26N2O2. The summed E-state index contributed by atoms with van der Waals surface area (Å²) in [4.78, 5) is 4.77. The van der Waals surface area contributed by atoms with Gasteiger partial charge < -0.3 is 15.2 Å². The zero-order chi connectivity index (χ0) is 18.5. The average molecular weight is 362 g/mol. The standard InChI is InChI=1S/C23H26N2O2/c26-19(15-24-18-10-4-5-11-18)16-27-23-14-22(17-8-2-1-3-9-17)25-21-13-7-6-12-20(21)23/h1-3,6-9,12-14,18-19,24,26H,4-5,10-11,15-16H2/t19-/m0/s1. The molecule has 3 aromatic rings. The van der Waals surface area contributed by atoms with E-state index in [2.05, 4.69) is 5.32 Å². The van der Waals surface area contributed by atoms with Crippen molar-refractivity contribution in [3.05, 3.63) is 60.7 Å². The minimum atomic E-state index is -0.530. The van der Waals surface area contributed by atoms with E-state index in [1.807, 2.05) is 60.7 Å². The van der Waals surface area contributed by atoms with Crippen LogP contribution in [0.15, 0.2) is 60.7 Å². The lowest BCUT2D eigenvalue weighted by Gasteiger charge is -2.18. The fraction of sp³-hybridized carbons (Fsp3) is 0.348. The summed E-state index contributed by atoms with van der Waals surface area (Å²) in [7, 11) is 0. The van der Waals surface area contributed by atoms with Crippen molar-refractivity contribution in [1.82, 2.24) is 10.3 Å². The van der Waals surface area contributed by atoms with Crippen molar-refractivity contribution in [2.45, 2.75) is 37.8 Å². The van der Waals surface area contributed by atoms with Gasteiger partial charge in [0, 0.05) is 29.6 Å². The van der Waals surface area contributed by atoms with E-state index in [-0.39, 0.29) is 6.61 Å². The summed E-state index contributed by atoms with van der Waals surface area (Å²) in [6.45, 7) is 0.835. The van der Waals surface area contributed by atoms with Crippen molar-refractivity contribution < 1.29 is 9.84 Å². The first kappa shape index (κ1) is 18.0. The van der Waals surface area contributed by atoms with Gasteiger partial charge >= 0.3 is 0 Å². The lowest BCUT2D eigenvalue weighted by atomic mass is 10.1. The number of fused-ring (bicyclic) bond motifs is 1. The predicted molar refractivity (Wildman–Crippen MR) is 109 cm³/mol. The molecule has 1 fully saturated rings. The zero-order valence-electron chi connectivity index (χ0n) is 15.5. The van der Waals surface area contributed by atoms with Crippen LogP contribution in [0.5, 0.6) is 5.75 Å². The molecule has 1 atom stereocenters. The Kier molecular flexibility index (Phi) is 5.66. The average Bonchev–Trinajstić information content (AvgIpc) is 3.24. The molecule has 140 valence electrons. The van der Waals surface area contributed by atoms with E-state index in [1.54, 1.807) is 0 Å². The summed E-state index contributed by atoms with van der Waals surface area (Å²) in [5.41, 5.74) is 2.83. The smallest absolute Gasteiger partial charge is 0.131 e. The number of aromatic nitrogens is 1. The van der Waals surface area contributed by atoms with Gasteiger partial charge in [-0.25, -0.2) is 4.98 Å². The highest BCUT2D eigenvalue weighted by Gasteiger charge is 2.16. The maximum Gasteiger partial charge on any atom is 0.131 e. The lowest BCUT2D eigenvalue weighted by Crippen LogP contribution is -2.36. The number of pyridine rings is 1. The summed E-state index contributed by atoms with van der Waals surface area (Å²) in [5.74, 6) is 0.763. The van der Waals surface area contributed by atoms with Crippen LogP contribution in [0, 0.1) is 0 Å². The van der Waals surface area contributed by atoms with Gasteiger partial charge in [0.15, 0.2) is 0 Å². The van der Waals surface area contributed by atoms with Crippen LogP contribution >= 0.6 is 0 Å². The van der Waals surface area contributed by atoms with Crippen LogP contribution in [0.1, 0.15) is 25.7 Å². The minimum Gasteiger partial charge on any atom is -0.490 e. The Morgan fingerprint density at radius 1 is 1.04 bits per heavy atom. The molecule has 0 amide bonds. The van der Waals surface area contributed by atoms with E-state index in [0.29, 0.717) is 12.6 Å². The summed E-state index contributed by atoms with van der Waals surface area (Å²) >= 11 is 0. The SMILES string of the molecule is O[C@@H](CNC1CCCC1)COc1cc(-c2ccccc2)nc2ccccc12. The summed E-state index contributed by atoms with van der Waals surface area (Å²) in [6.07, 6.45) is 4.47. The number of rotatable bonds is 7. The Balaban J connectivity index is 1.49. The number of aliphatic hydroxyl groups is 1. The van der Waals surface area contributed by atoms with Gasteiger partial charge in [-0.3, -0.25) is 0 Å². The van der Waals surface area contributed by atoms with Crippen LogP contribution in [-0.2, 0) is 0 Å². The summed E-state index contributed by atoms with van der Waals surface area (Å²) in [6, 6.07) is 20.6. The van der Waals surface area contributed by atoms with Crippen molar-refractivity contribution >= 4 is 10.9 Å². The number of hydrogen-bond donors (Lipinski definition) is 2. The molecule has 0 aliphatic heterocycles.